The third kappa shape index (κ3) is 4.37. The van der Waals surface area contributed by atoms with Crippen LogP contribution in [0.4, 0.5) is 0 Å². The lowest BCUT2D eigenvalue weighted by molar-refractivity contribution is 0.384. The van der Waals surface area contributed by atoms with E-state index in [4.69, 9.17) is 9.47 Å². The Bertz CT molecular complexity index is 852. The van der Waals surface area contributed by atoms with Crippen LogP contribution in [-0.2, 0) is 22.0 Å². The van der Waals surface area contributed by atoms with Gasteiger partial charge in [0.15, 0.2) is 0 Å². The average Bonchev–Trinajstić information content (AvgIpc) is 2.61. The molecule has 2 aromatic carbocycles. The van der Waals surface area contributed by atoms with Gasteiger partial charge >= 0.3 is 0 Å². The number of benzene rings is 2. The van der Waals surface area contributed by atoms with Crippen molar-refractivity contribution in [3.05, 3.63) is 53.6 Å². The number of rotatable bonds is 6. The van der Waals surface area contributed by atoms with E-state index in [-0.39, 0.29) is 16.9 Å². The van der Waals surface area contributed by atoms with Crippen LogP contribution >= 0.6 is 0 Å². The van der Waals surface area contributed by atoms with Gasteiger partial charge in [-0.3, -0.25) is 0 Å². The Hall–Kier alpha value is -2.05. The zero-order valence-electron chi connectivity index (χ0n) is 16.2. The molecule has 0 aromatic heterocycles. The van der Waals surface area contributed by atoms with Crippen molar-refractivity contribution in [2.75, 3.05) is 21.3 Å². The molecule has 0 radical (unpaired) electrons. The second-order valence-corrected chi connectivity index (χ2v) is 9.26. The van der Waals surface area contributed by atoms with Gasteiger partial charge in [-0.05, 0) is 29.2 Å². The molecule has 0 unspecified atom stereocenters. The van der Waals surface area contributed by atoms with Crippen molar-refractivity contribution in [3.63, 3.8) is 0 Å². The maximum Gasteiger partial charge on any atom is 0.243 e. The molecule has 2 rings (SSSR count). The first-order valence-corrected chi connectivity index (χ1v) is 9.81. The fourth-order valence-corrected chi connectivity index (χ4v) is 3.76. The molecular weight excluding hydrogens is 350 g/mol. The third-order valence-corrected chi connectivity index (χ3v) is 6.13. The zero-order valence-corrected chi connectivity index (χ0v) is 17.1. The SMILES string of the molecule is COc1ccc(CN(C)S(=O)(=O)c2ccc(C(C)(C)C)cc2)c(OC)c1. The summed E-state index contributed by atoms with van der Waals surface area (Å²) in [6, 6.07) is 12.4. The maximum atomic E-state index is 12.9. The summed E-state index contributed by atoms with van der Waals surface area (Å²) in [4.78, 5) is 0.278. The Morgan fingerprint density at radius 1 is 0.962 bits per heavy atom. The second-order valence-electron chi connectivity index (χ2n) is 7.21. The van der Waals surface area contributed by atoms with Crippen molar-refractivity contribution in [1.29, 1.82) is 0 Å². The van der Waals surface area contributed by atoms with E-state index >= 15 is 0 Å². The van der Waals surface area contributed by atoms with Crippen molar-refractivity contribution < 1.29 is 17.9 Å². The lowest BCUT2D eigenvalue weighted by Gasteiger charge is -2.21. The van der Waals surface area contributed by atoms with E-state index in [0.29, 0.717) is 11.5 Å². The summed E-state index contributed by atoms with van der Waals surface area (Å²) in [5, 5.41) is 0. The molecule has 2 aromatic rings. The fraction of sp³-hybridized carbons (Fsp3) is 0.400. The molecule has 0 spiro atoms. The Morgan fingerprint density at radius 2 is 1.58 bits per heavy atom. The van der Waals surface area contributed by atoms with E-state index in [1.165, 1.54) is 4.31 Å². The molecule has 0 atom stereocenters. The number of ether oxygens (including phenoxy) is 2. The van der Waals surface area contributed by atoms with Crippen LogP contribution in [0.15, 0.2) is 47.4 Å². The highest BCUT2D eigenvalue weighted by Gasteiger charge is 2.23. The van der Waals surface area contributed by atoms with Crippen molar-refractivity contribution in [2.45, 2.75) is 37.6 Å². The molecule has 0 amide bonds. The quantitative estimate of drug-likeness (QED) is 0.768. The monoisotopic (exact) mass is 377 g/mol. The molecule has 0 N–H and O–H groups in total. The van der Waals surface area contributed by atoms with Crippen molar-refractivity contribution in [2.24, 2.45) is 0 Å². The molecule has 0 saturated carbocycles. The van der Waals surface area contributed by atoms with Gasteiger partial charge in [-0.1, -0.05) is 39.0 Å². The van der Waals surface area contributed by atoms with E-state index in [9.17, 15) is 8.42 Å². The van der Waals surface area contributed by atoms with Crippen LogP contribution in [0.3, 0.4) is 0 Å². The van der Waals surface area contributed by atoms with Crippen LogP contribution in [0, 0.1) is 0 Å². The summed E-state index contributed by atoms with van der Waals surface area (Å²) in [5.74, 6) is 1.25. The summed E-state index contributed by atoms with van der Waals surface area (Å²) < 4.78 is 37.6. The van der Waals surface area contributed by atoms with E-state index in [1.807, 2.05) is 18.2 Å². The lowest BCUT2D eigenvalue weighted by atomic mass is 9.87. The molecule has 0 saturated heterocycles. The summed E-state index contributed by atoms with van der Waals surface area (Å²) in [6.45, 7) is 6.49. The molecule has 0 fully saturated rings. The molecule has 0 aliphatic heterocycles. The molecule has 26 heavy (non-hydrogen) atoms. The van der Waals surface area contributed by atoms with Gasteiger partial charge in [0.05, 0.1) is 19.1 Å². The maximum absolute atomic E-state index is 12.9. The van der Waals surface area contributed by atoms with Gasteiger partial charge < -0.3 is 9.47 Å². The summed E-state index contributed by atoms with van der Waals surface area (Å²) in [7, 11) is 1.10. The minimum absolute atomic E-state index is 0.0232. The van der Waals surface area contributed by atoms with Crippen LogP contribution in [0.1, 0.15) is 31.9 Å². The van der Waals surface area contributed by atoms with Crippen LogP contribution in [0.2, 0.25) is 0 Å². The first-order chi connectivity index (χ1) is 12.1. The smallest absolute Gasteiger partial charge is 0.243 e. The minimum Gasteiger partial charge on any atom is -0.497 e. The number of nitrogens with zero attached hydrogens (tertiary/aromatic N) is 1. The predicted octanol–water partition coefficient (Wildman–Crippen LogP) is 3.82. The second kappa shape index (κ2) is 7.68. The van der Waals surface area contributed by atoms with Crippen LogP contribution in [-0.4, -0.2) is 34.0 Å². The molecule has 0 aliphatic carbocycles. The molecule has 0 bridgehead atoms. The average molecular weight is 378 g/mol. The Kier molecular flexibility index (Phi) is 5.98. The number of hydrogen-bond donors (Lipinski definition) is 0. The van der Waals surface area contributed by atoms with Crippen molar-refractivity contribution >= 4 is 10.0 Å². The van der Waals surface area contributed by atoms with Gasteiger partial charge in [0, 0.05) is 25.2 Å². The largest absolute Gasteiger partial charge is 0.497 e. The summed E-state index contributed by atoms with van der Waals surface area (Å²) in [6.07, 6.45) is 0. The number of methoxy groups -OCH3 is 2. The predicted molar refractivity (Wildman–Crippen MR) is 103 cm³/mol. The fourth-order valence-electron chi connectivity index (χ4n) is 2.61. The van der Waals surface area contributed by atoms with Crippen molar-refractivity contribution in [1.82, 2.24) is 4.31 Å². The molecule has 6 heteroatoms. The number of sulfonamides is 1. The Morgan fingerprint density at radius 3 is 2.08 bits per heavy atom. The topological polar surface area (TPSA) is 55.8 Å². The Labute approximate surface area is 156 Å². The van der Waals surface area contributed by atoms with E-state index in [1.54, 1.807) is 45.5 Å². The lowest BCUT2D eigenvalue weighted by Crippen LogP contribution is -2.26. The van der Waals surface area contributed by atoms with Crippen molar-refractivity contribution in [3.8, 4) is 11.5 Å². The molecule has 0 aliphatic rings. The Balaban J connectivity index is 2.27. The normalized spacial score (nSPS) is 12.3. The highest BCUT2D eigenvalue weighted by atomic mass is 32.2. The van der Waals surface area contributed by atoms with E-state index in [0.717, 1.165) is 11.1 Å². The van der Waals surface area contributed by atoms with Crippen LogP contribution in [0.25, 0.3) is 0 Å². The van der Waals surface area contributed by atoms with Gasteiger partial charge in [-0.15, -0.1) is 0 Å². The van der Waals surface area contributed by atoms with Crippen LogP contribution in [0.5, 0.6) is 11.5 Å². The van der Waals surface area contributed by atoms with E-state index < -0.39 is 10.0 Å². The van der Waals surface area contributed by atoms with E-state index in [2.05, 4.69) is 20.8 Å². The zero-order chi connectivity index (χ0) is 19.5. The van der Waals surface area contributed by atoms with Gasteiger partial charge in [-0.25, -0.2) is 8.42 Å². The highest BCUT2D eigenvalue weighted by molar-refractivity contribution is 7.89. The standard InChI is InChI=1S/C20H27NO4S/c1-20(2,3)16-8-11-18(12-9-16)26(22,23)21(4)14-15-7-10-17(24-5)13-19(15)25-6/h7-13H,14H2,1-6H3. The van der Waals surface area contributed by atoms with Gasteiger partial charge in [0.1, 0.15) is 11.5 Å². The molecule has 0 heterocycles. The minimum atomic E-state index is -3.59. The van der Waals surface area contributed by atoms with Crippen LogP contribution < -0.4 is 9.47 Å². The first kappa shape index (κ1) is 20.3. The first-order valence-electron chi connectivity index (χ1n) is 8.37. The highest BCUT2D eigenvalue weighted by Crippen LogP contribution is 2.28. The summed E-state index contributed by atoms with van der Waals surface area (Å²) >= 11 is 0. The molecule has 142 valence electrons. The molecular formula is C20H27NO4S. The summed E-state index contributed by atoms with van der Waals surface area (Å²) in [5.41, 5.74) is 1.84. The third-order valence-electron chi connectivity index (χ3n) is 4.32. The van der Waals surface area contributed by atoms with Gasteiger partial charge in [-0.2, -0.15) is 4.31 Å². The number of hydrogen-bond acceptors (Lipinski definition) is 4. The van der Waals surface area contributed by atoms with Gasteiger partial charge in [0.2, 0.25) is 10.0 Å². The van der Waals surface area contributed by atoms with Gasteiger partial charge in [0.25, 0.3) is 0 Å². The molecule has 5 nitrogen and oxygen atoms in total.